The smallest absolute Gasteiger partial charge is 0.207 e. The fourth-order valence-electron chi connectivity index (χ4n) is 1.21. The van der Waals surface area contributed by atoms with E-state index < -0.39 is 15.8 Å². The van der Waals surface area contributed by atoms with Gasteiger partial charge in [0.1, 0.15) is 5.82 Å². The number of hydrogen-bond acceptors (Lipinski definition) is 2. The summed E-state index contributed by atoms with van der Waals surface area (Å²) in [4.78, 5) is 0.153. The second-order valence-corrected chi connectivity index (χ2v) is 5.29. The second-order valence-electron chi connectivity index (χ2n) is 2.70. The molecule has 0 aromatic heterocycles. The van der Waals surface area contributed by atoms with Gasteiger partial charge in [-0.1, -0.05) is 0 Å². The van der Waals surface area contributed by atoms with Crippen molar-refractivity contribution in [2.75, 3.05) is 0 Å². The Morgan fingerprint density at radius 3 is 2.85 bits per heavy atom. The average Bonchev–Trinajstić information content (AvgIpc) is 2.31. The standard InChI is InChI=1S/C7H5BrFNO2S/c8-5-2-7-4(1-6(5)9)3-10-13(7,11)12/h1-2,10H,3H2. The van der Waals surface area contributed by atoms with Crippen LogP contribution in [0.2, 0.25) is 0 Å². The Morgan fingerprint density at radius 2 is 2.15 bits per heavy atom. The largest absolute Gasteiger partial charge is 0.241 e. The maximum Gasteiger partial charge on any atom is 0.241 e. The third-order valence-corrected chi connectivity index (χ3v) is 3.94. The van der Waals surface area contributed by atoms with Crippen LogP contribution in [0.1, 0.15) is 5.56 Å². The van der Waals surface area contributed by atoms with Gasteiger partial charge in [0.05, 0.1) is 9.37 Å². The fourth-order valence-corrected chi connectivity index (χ4v) is 2.95. The molecule has 0 saturated heterocycles. The molecule has 1 heterocycles. The Hall–Kier alpha value is -0.460. The van der Waals surface area contributed by atoms with Crippen molar-refractivity contribution in [3.05, 3.63) is 28.0 Å². The van der Waals surface area contributed by atoms with Crippen LogP contribution in [0.4, 0.5) is 4.39 Å². The van der Waals surface area contributed by atoms with Crippen LogP contribution in [0.3, 0.4) is 0 Å². The van der Waals surface area contributed by atoms with E-state index in [0.717, 1.165) is 0 Å². The normalized spacial score (nSPS) is 18.6. The molecule has 13 heavy (non-hydrogen) atoms. The van der Waals surface area contributed by atoms with Gasteiger partial charge < -0.3 is 0 Å². The lowest BCUT2D eigenvalue weighted by Gasteiger charge is -1.98. The van der Waals surface area contributed by atoms with Crippen molar-refractivity contribution in [2.24, 2.45) is 0 Å². The molecule has 1 N–H and O–H groups in total. The first-order chi connectivity index (χ1) is 6.00. The molecule has 70 valence electrons. The molecule has 0 fully saturated rings. The first-order valence-electron chi connectivity index (χ1n) is 3.48. The maximum atomic E-state index is 13.0. The van der Waals surface area contributed by atoms with Gasteiger partial charge >= 0.3 is 0 Å². The lowest BCUT2D eigenvalue weighted by atomic mass is 10.2. The van der Waals surface area contributed by atoms with Crippen molar-refractivity contribution in [2.45, 2.75) is 11.4 Å². The Balaban J connectivity index is 2.75. The van der Waals surface area contributed by atoms with E-state index in [-0.39, 0.29) is 15.9 Å². The number of benzene rings is 1. The monoisotopic (exact) mass is 265 g/mol. The molecule has 1 aliphatic heterocycles. The molecule has 0 saturated carbocycles. The predicted molar refractivity (Wildman–Crippen MR) is 48.1 cm³/mol. The van der Waals surface area contributed by atoms with E-state index in [9.17, 15) is 12.8 Å². The zero-order valence-electron chi connectivity index (χ0n) is 6.34. The molecule has 0 radical (unpaired) electrons. The zero-order valence-corrected chi connectivity index (χ0v) is 8.74. The molecule has 2 rings (SSSR count). The van der Waals surface area contributed by atoms with Gasteiger partial charge in [-0.05, 0) is 33.6 Å². The van der Waals surface area contributed by atoms with Crippen molar-refractivity contribution in [1.29, 1.82) is 0 Å². The summed E-state index contributed by atoms with van der Waals surface area (Å²) in [6, 6.07) is 2.50. The summed E-state index contributed by atoms with van der Waals surface area (Å²) in [6.45, 7) is 0.169. The van der Waals surface area contributed by atoms with E-state index in [1.807, 2.05) is 0 Å². The van der Waals surface area contributed by atoms with Gasteiger partial charge in [-0.15, -0.1) is 0 Å². The van der Waals surface area contributed by atoms with E-state index in [4.69, 9.17) is 0 Å². The molecular formula is C7H5BrFNO2S. The first-order valence-corrected chi connectivity index (χ1v) is 5.76. The highest BCUT2D eigenvalue weighted by atomic mass is 79.9. The van der Waals surface area contributed by atoms with Crippen LogP contribution in [0.5, 0.6) is 0 Å². The highest BCUT2D eigenvalue weighted by Crippen LogP contribution is 2.27. The molecule has 0 spiro atoms. The molecule has 0 atom stereocenters. The van der Waals surface area contributed by atoms with Gasteiger partial charge in [-0.25, -0.2) is 17.5 Å². The minimum atomic E-state index is -3.39. The summed E-state index contributed by atoms with van der Waals surface area (Å²) in [7, 11) is -3.39. The molecular weight excluding hydrogens is 261 g/mol. The highest BCUT2D eigenvalue weighted by molar-refractivity contribution is 9.10. The van der Waals surface area contributed by atoms with E-state index >= 15 is 0 Å². The number of sulfonamides is 1. The summed E-state index contributed by atoms with van der Waals surface area (Å²) < 4.78 is 37.9. The zero-order chi connectivity index (χ0) is 9.64. The van der Waals surface area contributed by atoms with Gasteiger partial charge in [0.2, 0.25) is 10.0 Å². The number of halogens is 2. The SMILES string of the molecule is O=S1(=O)NCc2cc(F)c(Br)cc21. The van der Waals surface area contributed by atoms with Crippen LogP contribution in [-0.4, -0.2) is 8.42 Å². The van der Waals surface area contributed by atoms with E-state index in [2.05, 4.69) is 20.7 Å². The predicted octanol–water partition coefficient (Wildman–Crippen LogP) is 1.38. The van der Waals surface area contributed by atoms with E-state index in [1.165, 1.54) is 12.1 Å². The van der Waals surface area contributed by atoms with Crippen LogP contribution >= 0.6 is 15.9 Å². The van der Waals surface area contributed by atoms with Gasteiger partial charge in [-0.3, -0.25) is 0 Å². The van der Waals surface area contributed by atoms with Crippen molar-refractivity contribution < 1.29 is 12.8 Å². The molecule has 0 bridgehead atoms. The molecule has 0 amide bonds. The quantitative estimate of drug-likeness (QED) is 0.771. The van der Waals surface area contributed by atoms with Gasteiger partial charge in [0.25, 0.3) is 0 Å². The minimum Gasteiger partial charge on any atom is -0.207 e. The lowest BCUT2D eigenvalue weighted by Crippen LogP contribution is -2.13. The second kappa shape index (κ2) is 2.76. The summed E-state index contributed by atoms with van der Waals surface area (Å²) in [5, 5.41) is 0. The molecule has 0 aliphatic carbocycles. The van der Waals surface area contributed by atoms with Crippen LogP contribution in [0, 0.1) is 5.82 Å². The van der Waals surface area contributed by atoms with Crippen LogP contribution in [0.25, 0.3) is 0 Å². The summed E-state index contributed by atoms with van der Waals surface area (Å²) >= 11 is 2.93. The average molecular weight is 266 g/mol. The Morgan fingerprint density at radius 1 is 1.46 bits per heavy atom. The summed E-state index contributed by atoms with van der Waals surface area (Å²) in [5.74, 6) is -0.447. The molecule has 1 aliphatic rings. The Kier molecular flexibility index (Phi) is 1.94. The van der Waals surface area contributed by atoms with Gasteiger partial charge in [0.15, 0.2) is 0 Å². The van der Waals surface area contributed by atoms with Crippen molar-refractivity contribution in [3.8, 4) is 0 Å². The third-order valence-electron chi connectivity index (χ3n) is 1.85. The van der Waals surface area contributed by atoms with Crippen LogP contribution < -0.4 is 4.72 Å². The fraction of sp³-hybridized carbons (Fsp3) is 0.143. The number of fused-ring (bicyclic) bond motifs is 1. The first kappa shape index (κ1) is 9.11. The topological polar surface area (TPSA) is 46.2 Å². The number of rotatable bonds is 0. The minimum absolute atomic E-state index is 0.153. The van der Waals surface area contributed by atoms with E-state index in [0.29, 0.717) is 5.56 Å². The third kappa shape index (κ3) is 1.38. The Bertz CT molecular complexity index is 472. The van der Waals surface area contributed by atoms with Crippen molar-refractivity contribution in [3.63, 3.8) is 0 Å². The Labute approximate surface area is 83.1 Å². The molecule has 1 aromatic carbocycles. The van der Waals surface area contributed by atoms with Crippen molar-refractivity contribution in [1.82, 2.24) is 4.72 Å². The van der Waals surface area contributed by atoms with Gasteiger partial charge in [0, 0.05) is 6.54 Å². The van der Waals surface area contributed by atoms with E-state index in [1.54, 1.807) is 0 Å². The molecule has 6 heteroatoms. The molecule has 0 unspecified atom stereocenters. The molecule has 3 nitrogen and oxygen atoms in total. The highest BCUT2D eigenvalue weighted by Gasteiger charge is 2.26. The lowest BCUT2D eigenvalue weighted by molar-refractivity contribution is 0.589. The number of hydrogen-bond donors (Lipinski definition) is 1. The van der Waals surface area contributed by atoms with Crippen LogP contribution in [0.15, 0.2) is 21.5 Å². The maximum absolute atomic E-state index is 13.0. The van der Waals surface area contributed by atoms with Gasteiger partial charge in [-0.2, -0.15) is 0 Å². The summed E-state index contributed by atoms with van der Waals surface area (Å²) in [6.07, 6.45) is 0. The molecule has 1 aromatic rings. The number of nitrogens with one attached hydrogen (secondary N) is 1. The summed E-state index contributed by atoms with van der Waals surface area (Å²) in [5.41, 5.74) is 0.473. The van der Waals surface area contributed by atoms with Crippen LogP contribution in [-0.2, 0) is 16.6 Å². The van der Waals surface area contributed by atoms with Crippen molar-refractivity contribution >= 4 is 26.0 Å².